The SMILES string of the molecule is CN(C)[C@@H]1C(=O)C(C(N)=O)=C(O)[C@@]2(O)C(=O)C3=C(O)c4c(O)cc(CN5CCC(CCO)CC5)c(F)c4C[C@H]3C[C@@H]12. The predicted octanol–water partition coefficient (Wildman–Crippen LogP) is 0.698. The first-order valence-electron chi connectivity index (χ1n) is 13.8. The average molecular weight is 574 g/mol. The topological polar surface area (TPSA) is 185 Å². The van der Waals surface area contributed by atoms with Gasteiger partial charge in [-0.3, -0.25) is 24.2 Å². The smallest absolute Gasteiger partial charge is 0.255 e. The molecule has 4 aliphatic rings. The molecule has 1 aliphatic heterocycles. The molecule has 11 nitrogen and oxygen atoms in total. The van der Waals surface area contributed by atoms with Crippen molar-refractivity contribution in [2.24, 2.45) is 23.5 Å². The zero-order chi connectivity index (χ0) is 30.0. The van der Waals surface area contributed by atoms with Crippen molar-refractivity contribution >= 4 is 23.2 Å². The van der Waals surface area contributed by atoms with Gasteiger partial charge in [-0.25, -0.2) is 4.39 Å². The molecule has 4 atom stereocenters. The van der Waals surface area contributed by atoms with Crippen LogP contribution in [0.25, 0.3) is 5.76 Å². The Morgan fingerprint density at radius 3 is 2.44 bits per heavy atom. The molecule has 12 heteroatoms. The number of likely N-dealkylation sites (tertiary alicyclic amines) is 1. The summed E-state index contributed by atoms with van der Waals surface area (Å²) in [4.78, 5) is 42.6. The van der Waals surface area contributed by atoms with Gasteiger partial charge in [0.05, 0.1) is 11.6 Å². The van der Waals surface area contributed by atoms with E-state index in [0.717, 1.165) is 19.3 Å². The molecule has 0 bridgehead atoms. The summed E-state index contributed by atoms with van der Waals surface area (Å²) in [6.07, 6.45) is 2.26. The van der Waals surface area contributed by atoms with E-state index in [4.69, 9.17) is 5.73 Å². The maximum Gasteiger partial charge on any atom is 0.255 e. The number of piperidine rings is 1. The Morgan fingerprint density at radius 1 is 1.20 bits per heavy atom. The van der Waals surface area contributed by atoms with Crippen molar-refractivity contribution in [3.63, 3.8) is 0 Å². The van der Waals surface area contributed by atoms with E-state index < -0.39 is 69.6 Å². The first-order chi connectivity index (χ1) is 19.3. The lowest BCUT2D eigenvalue weighted by molar-refractivity contribution is -0.153. The van der Waals surface area contributed by atoms with E-state index in [-0.39, 0.29) is 48.3 Å². The van der Waals surface area contributed by atoms with Crippen LogP contribution < -0.4 is 5.73 Å². The van der Waals surface area contributed by atoms with E-state index >= 15 is 4.39 Å². The summed E-state index contributed by atoms with van der Waals surface area (Å²) in [7, 11) is 3.04. The number of ketones is 2. The molecule has 0 spiro atoms. The Labute approximate surface area is 236 Å². The van der Waals surface area contributed by atoms with Gasteiger partial charge >= 0.3 is 0 Å². The third kappa shape index (κ3) is 4.44. The normalized spacial score (nSPS) is 29.1. The van der Waals surface area contributed by atoms with E-state index in [2.05, 4.69) is 4.90 Å². The molecule has 3 aliphatic carbocycles. The number of primary amides is 1. The molecule has 222 valence electrons. The highest BCUT2D eigenvalue weighted by molar-refractivity contribution is 6.24. The van der Waals surface area contributed by atoms with Crippen LogP contribution in [0.4, 0.5) is 4.39 Å². The molecular formula is C29H36FN3O8. The zero-order valence-corrected chi connectivity index (χ0v) is 23.1. The minimum absolute atomic E-state index is 0.0285. The number of Topliss-reactive ketones (excluding diaryl/α,β-unsaturated/α-hetero) is 2. The van der Waals surface area contributed by atoms with Crippen LogP contribution in [0.2, 0.25) is 0 Å². The van der Waals surface area contributed by atoms with Crippen LogP contribution >= 0.6 is 0 Å². The molecule has 41 heavy (non-hydrogen) atoms. The number of likely N-dealkylation sites (N-methyl/N-ethyl adjacent to an activating group) is 1. The van der Waals surface area contributed by atoms with Crippen LogP contribution in [-0.2, 0) is 27.3 Å². The molecular weight excluding hydrogens is 537 g/mol. The first-order valence-corrected chi connectivity index (χ1v) is 13.8. The predicted molar refractivity (Wildman–Crippen MR) is 144 cm³/mol. The van der Waals surface area contributed by atoms with Crippen molar-refractivity contribution in [1.29, 1.82) is 0 Å². The molecule has 1 heterocycles. The van der Waals surface area contributed by atoms with E-state index in [0.29, 0.717) is 19.0 Å². The van der Waals surface area contributed by atoms with Crippen LogP contribution in [0, 0.1) is 23.6 Å². The number of halogens is 1. The third-order valence-corrected chi connectivity index (χ3v) is 9.37. The highest BCUT2D eigenvalue weighted by atomic mass is 19.1. The number of phenolic OH excluding ortho intramolecular Hbond substituents is 1. The number of aromatic hydroxyl groups is 1. The lowest BCUT2D eigenvalue weighted by Crippen LogP contribution is -2.65. The van der Waals surface area contributed by atoms with Gasteiger partial charge in [-0.1, -0.05) is 0 Å². The molecule has 7 N–H and O–H groups in total. The third-order valence-electron chi connectivity index (χ3n) is 9.37. The van der Waals surface area contributed by atoms with Gasteiger partial charge in [0.15, 0.2) is 11.4 Å². The lowest BCUT2D eigenvalue weighted by Gasteiger charge is -2.50. The van der Waals surface area contributed by atoms with Crippen molar-refractivity contribution in [3.8, 4) is 5.75 Å². The number of phenols is 1. The van der Waals surface area contributed by atoms with Crippen molar-refractivity contribution < 1.29 is 44.3 Å². The summed E-state index contributed by atoms with van der Waals surface area (Å²) in [5.74, 6) is -7.85. The summed E-state index contributed by atoms with van der Waals surface area (Å²) in [6.45, 7) is 1.77. The van der Waals surface area contributed by atoms with Crippen molar-refractivity contribution in [2.45, 2.75) is 50.3 Å². The average Bonchev–Trinajstić information content (AvgIpc) is 2.90. The van der Waals surface area contributed by atoms with Gasteiger partial charge < -0.3 is 31.3 Å². The maximum absolute atomic E-state index is 16.0. The second-order valence-corrected chi connectivity index (χ2v) is 11.9. The Morgan fingerprint density at radius 2 is 1.85 bits per heavy atom. The molecule has 1 amide bonds. The summed E-state index contributed by atoms with van der Waals surface area (Å²) in [6, 6.07) is 0.0191. The van der Waals surface area contributed by atoms with Gasteiger partial charge in [0.2, 0.25) is 5.78 Å². The molecule has 1 aromatic carbocycles. The number of fused-ring (bicyclic) bond motifs is 3. The Kier molecular flexibility index (Phi) is 7.48. The Bertz CT molecular complexity index is 1380. The van der Waals surface area contributed by atoms with E-state index in [1.54, 1.807) is 0 Å². The molecule has 2 fully saturated rings. The summed E-state index contributed by atoms with van der Waals surface area (Å²) in [5.41, 5.74) is 1.40. The largest absolute Gasteiger partial charge is 0.508 e. The van der Waals surface area contributed by atoms with Crippen molar-refractivity contribution in [2.75, 3.05) is 33.8 Å². The quantitative estimate of drug-likeness (QED) is 0.265. The van der Waals surface area contributed by atoms with Gasteiger partial charge in [-0.2, -0.15) is 0 Å². The zero-order valence-electron chi connectivity index (χ0n) is 23.1. The van der Waals surface area contributed by atoms with E-state index in [1.807, 2.05) is 0 Å². The molecule has 1 aromatic rings. The second kappa shape index (κ2) is 10.5. The summed E-state index contributed by atoms with van der Waals surface area (Å²) < 4.78 is 16.0. The summed E-state index contributed by atoms with van der Waals surface area (Å²) >= 11 is 0. The number of benzene rings is 1. The number of nitrogens with two attached hydrogens (primary N) is 1. The monoisotopic (exact) mass is 573 g/mol. The number of hydrogen-bond donors (Lipinski definition) is 6. The molecule has 0 unspecified atom stereocenters. The first kappa shape index (κ1) is 29.2. The Balaban J connectivity index is 1.55. The second-order valence-electron chi connectivity index (χ2n) is 11.9. The van der Waals surface area contributed by atoms with Gasteiger partial charge in [0.1, 0.15) is 28.7 Å². The number of aliphatic hydroxyl groups is 4. The number of nitrogens with zero attached hydrogens (tertiary/aromatic N) is 2. The lowest BCUT2D eigenvalue weighted by atomic mass is 9.57. The number of rotatable bonds is 6. The fourth-order valence-corrected chi connectivity index (χ4v) is 7.32. The molecule has 5 rings (SSSR count). The fraction of sp³-hybridized carbons (Fsp3) is 0.552. The fourth-order valence-electron chi connectivity index (χ4n) is 7.32. The number of amides is 1. The molecule has 1 saturated carbocycles. The van der Waals surface area contributed by atoms with Crippen LogP contribution in [-0.4, -0.2) is 98.2 Å². The van der Waals surface area contributed by atoms with Crippen molar-refractivity contribution in [1.82, 2.24) is 9.80 Å². The number of hydrogen-bond acceptors (Lipinski definition) is 10. The van der Waals surface area contributed by atoms with E-state index in [1.165, 1.54) is 25.1 Å². The highest BCUT2D eigenvalue weighted by Gasteiger charge is 2.64. The molecule has 0 aromatic heterocycles. The van der Waals surface area contributed by atoms with Gasteiger partial charge in [-0.05, 0) is 77.2 Å². The van der Waals surface area contributed by atoms with E-state index in [9.17, 15) is 39.9 Å². The van der Waals surface area contributed by atoms with Gasteiger partial charge in [0, 0.05) is 35.8 Å². The number of aliphatic hydroxyl groups excluding tert-OH is 3. The van der Waals surface area contributed by atoms with Crippen LogP contribution in [0.3, 0.4) is 0 Å². The number of carbonyl (C=O) groups is 3. The van der Waals surface area contributed by atoms with Crippen LogP contribution in [0.15, 0.2) is 23.0 Å². The standard InChI is InChI=1S/C29H36FN3O8/c1-32(2)23-17-10-14-9-16-20(18(35)11-15(22(16)30)12-33-6-3-13(4-7-33)5-8-34)24(36)19(14)26(38)29(17,41)27(39)21(25(23)37)28(31)40/h11,13-14,17,23,34-36,39,41H,3-10,12H2,1-2H3,(H2,31,40)/t14-,17-,23-,29-/m0/s1. The number of carbonyl (C=O) groups excluding carboxylic acids is 3. The van der Waals surface area contributed by atoms with Crippen LogP contribution in [0.1, 0.15) is 42.4 Å². The summed E-state index contributed by atoms with van der Waals surface area (Å²) in [5, 5.41) is 53.9. The highest BCUT2D eigenvalue weighted by Crippen LogP contribution is 2.53. The van der Waals surface area contributed by atoms with Crippen molar-refractivity contribution in [3.05, 3.63) is 45.5 Å². The maximum atomic E-state index is 16.0. The van der Waals surface area contributed by atoms with Gasteiger partial charge in [-0.15, -0.1) is 0 Å². The minimum atomic E-state index is -2.74. The van der Waals surface area contributed by atoms with Crippen LogP contribution in [0.5, 0.6) is 5.75 Å². The molecule has 1 saturated heterocycles. The van der Waals surface area contributed by atoms with Gasteiger partial charge in [0.25, 0.3) is 5.91 Å². The Hall–Kier alpha value is -3.32. The molecule has 0 radical (unpaired) electrons. The minimum Gasteiger partial charge on any atom is -0.508 e.